The van der Waals surface area contributed by atoms with Crippen LogP contribution in [0.1, 0.15) is 57.9 Å². The Morgan fingerprint density at radius 3 is 2.67 bits per heavy atom. The first-order valence-electron chi connectivity index (χ1n) is 10.1. The molecule has 6 heteroatoms. The average molecular weight is 394 g/mol. The normalized spacial score (nSPS) is 21.7. The first-order chi connectivity index (χ1) is 13.0. The van der Waals surface area contributed by atoms with Crippen LogP contribution in [0.5, 0.6) is 5.75 Å². The SMILES string of the molecule is CCS(=O)C1CCCC(NC(=NC)NCCOc2ccc(C(C)C)cc2)C1. The molecule has 1 aromatic carbocycles. The van der Waals surface area contributed by atoms with E-state index in [0.717, 1.165) is 43.1 Å². The van der Waals surface area contributed by atoms with Crippen molar-refractivity contribution in [2.24, 2.45) is 4.99 Å². The van der Waals surface area contributed by atoms with Crippen LogP contribution in [0.4, 0.5) is 0 Å². The lowest BCUT2D eigenvalue weighted by Crippen LogP contribution is -2.47. The zero-order valence-electron chi connectivity index (χ0n) is 17.2. The Labute approximate surface area is 166 Å². The summed E-state index contributed by atoms with van der Waals surface area (Å²) in [5.74, 6) is 2.96. The molecule has 0 heterocycles. The molecule has 2 N–H and O–H groups in total. The van der Waals surface area contributed by atoms with Gasteiger partial charge in [0.15, 0.2) is 5.96 Å². The Morgan fingerprint density at radius 2 is 2.04 bits per heavy atom. The molecular formula is C21H35N3O2S. The summed E-state index contributed by atoms with van der Waals surface area (Å²) >= 11 is 0. The molecule has 27 heavy (non-hydrogen) atoms. The number of rotatable bonds is 8. The fraction of sp³-hybridized carbons (Fsp3) is 0.667. The van der Waals surface area contributed by atoms with Crippen LogP contribution in [0.2, 0.25) is 0 Å². The van der Waals surface area contributed by atoms with Crippen molar-refractivity contribution in [2.75, 3.05) is 26.0 Å². The maximum absolute atomic E-state index is 12.1. The molecule has 0 bridgehead atoms. The second kappa shape index (κ2) is 11.3. The molecule has 0 amide bonds. The van der Waals surface area contributed by atoms with Crippen molar-refractivity contribution >= 4 is 16.8 Å². The van der Waals surface area contributed by atoms with Crippen LogP contribution >= 0.6 is 0 Å². The van der Waals surface area contributed by atoms with E-state index in [1.165, 1.54) is 5.56 Å². The molecule has 1 aliphatic carbocycles. The van der Waals surface area contributed by atoms with Gasteiger partial charge in [0.05, 0.1) is 6.54 Å². The van der Waals surface area contributed by atoms with Crippen molar-refractivity contribution in [2.45, 2.75) is 63.7 Å². The largest absolute Gasteiger partial charge is 0.492 e. The third-order valence-corrected chi connectivity index (χ3v) is 6.80. The smallest absolute Gasteiger partial charge is 0.191 e. The quantitative estimate of drug-likeness (QED) is 0.403. The van der Waals surface area contributed by atoms with Gasteiger partial charge in [0.2, 0.25) is 0 Å². The van der Waals surface area contributed by atoms with Crippen LogP contribution in [0.3, 0.4) is 0 Å². The van der Waals surface area contributed by atoms with Crippen molar-refractivity contribution in [1.29, 1.82) is 0 Å². The van der Waals surface area contributed by atoms with Crippen LogP contribution in [0.15, 0.2) is 29.3 Å². The summed E-state index contributed by atoms with van der Waals surface area (Å²) in [5, 5.41) is 7.11. The maximum atomic E-state index is 12.1. The molecule has 152 valence electrons. The number of hydrogen-bond acceptors (Lipinski definition) is 3. The van der Waals surface area contributed by atoms with Gasteiger partial charge < -0.3 is 15.4 Å². The van der Waals surface area contributed by atoms with Crippen molar-refractivity contribution in [3.63, 3.8) is 0 Å². The molecule has 0 aliphatic heterocycles. The van der Waals surface area contributed by atoms with Crippen molar-refractivity contribution in [3.8, 4) is 5.75 Å². The third-order valence-electron chi connectivity index (χ3n) is 5.06. The number of hydrogen-bond donors (Lipinski definition) is 2. The summed E-state index contributed by atoms with van der Waals surface area (Å²) in [6.45, 7) is 7.64. The lowest BCUT2D eigenvalue weighted by molar-refractivity contribution is 0.321. The van der Waals surface area contributed by atoms with Gasteiger partial charge in [-0.05, 0) is 42.9 Å². The topological polar surface area (TPSA) is 62.7 Å². The third kappa shape index (κ3) is 7.17. The zero-order chi connectivity index (χ0) is 19.6. The Kier molecular flexibility index (Phi) is 9.11. The number of ether oxygens (including phenoxy) is 1. The van der Waals surface area contributed by atoms with Crippen LogP contribution in [-0.2, 0) is 10.8 Å². The van der Waals surface area contributed by atoms with Crippen molar-refractivity contribution in [3.05, 3.63) is 29.8 Å². The van der Waals surface area contributed by atoms with Gasteiger partial charge in [0.25, 0.3) is 0 Å². The van der Waals surface area contributed by atoms with E-state index in [4.69, 9.17) is 4.74 Å². The fourth-order valence-corrected chi connectivity index (χ4v) is 4.77. The lowest BCUT2D eigenvalue weighted by Gasteiger charge is -2.30. The Hall–Kier alpha value is -1.56. The van der Waals surface area contributed by atoms with Crippen LogP contribution in [0, 0.1) is 0 Å². The van der Waals surface area contributed by atoms with Crippen molar-refractivity contribution in [1.82, 2.24) is 10.6 Å². The summed E-state index contributed by atoms with van der Waals surface area (Å²) in [5.41, 5.74) is 1.32. The predicted octanol–water partition coefficient (Wildman–Crippen LogP) is 3.43. The Bertz CT molecular complexity index is 616. The van der Waals surface area contributed by atoms with Crippen LogP contribution in [0.25, 0.3) is 0 Å². The molecule has 0 saturated heterocycles. The van der Waals surface area contributed by atoms with Gasteiger partial charge >= 0.3 is 0 Å². The molecule has 0 aromatic heterocycles. The standard InChI is InChI=1S/C21H35N3O2S/c1-5-27(25)20-8-6-7-18(15-20)24-21(22-4)23-13-14-26-19-11-9-17(10-12-19)16(2)3/h9-12,16,18,20H,5-8,13-15H2,1-4H3,(H2,22,23,24). The monoisotopic (exact) mass is 393 g/mol. The molecule has 2 rings (SSSR count). The lowest BCUT2D eigenvalue weighted by atomic mass is 9.95. The molecule has 3 unspecified atom stereocenters. The Morgan fingerprint density at radius 1 is 1.30 bits per heavy atom. The Balaban J connectivity index is 1.71. The summed E-state index contributed by atoms with van der Waals surface area (Å²) in [6.07, 6.45) is 4.27. The summed E-state index contributed by atoms with van der Waals surface area (Å²) in [6, 6.07) is 8.63. The number of benzene rings is 1. The number of nitrogens with one attached hydrogen (secondary N) is 2. The van der Waals surface area contributed by atoms with E-state index in [9.17, 15) is 4.21 Å². The zero-order valence-corrected chi connectivity index (χ0v) is 18.0. The number of guanidine groups is 1. The van der Waals surface area contributed by atoms with E-state index in [1.54, 1.807) is 7.05 Å². The summed E-state index contributed by atoms with van der Waals surface area (Å²) < 4.78 is 17.9. The fourth-order valence-electron chi connectivity index (χ4n) is 3.43. The minimum Gasteiger partial charge on any atom is -0.492 e. The summed E-state index contributed by atoms with van der Waals surface area (Å²) in [4.78, 5) is 4.31. The van der Waals surface area contributed by atoms with Gasteiger partial charge in [-0.1, -0.05) is 39.3 Å². The van der Waals surface area contributed by atoms with Crippen LogP contribution in [-0.4, -0.2) is 47.4 Å². The summed E-state index contributed by atoms with van der Waals surface area (Å²) in [7, 11) is 1.08. The van der Waals surface area contributed by atoms with E-state index in [2.05, 4.69) is 41.6 Å². The second-order valence-corrected chi connectivity index (χ2v) is 9.38. The molecular weight excluding hydrogens is 358 g/mol. The van der Waals surface area contributed by atoms with E-state index >= 15 is 0 Å². The van der Waals surface area contributed by atoms with Gasteiger partial charge in [0, 0.05) is 34.9 Å². The van der Waals surface area contributed by atoms with Gasteiger partial charge in [-0.25, -0.2) is 0 Å². The molecule has 1 saturated carbocycles. The first-order valence-corrected chi connectivity index (χ1v) is 11.5. The van der Waals surface area contributed by atoms with Gasteiger partial charge in [-0.2, -0.15) is 0 Å². The second-order valence-electron chi connectivity index (χ2n) is 7.37. The van der Waals surface area contributed by atoms with Crippen molar-refractivity contribution < 1.29 is 8.95 Å². The highest BCUT2D eigenvalue weighted by Gasteiger charge is 2.25. The van der Waals surface area contributed by atoms with Crippen LogP contribution < -0.4 is 15.4 Å². The highest BCUT2D eigenvalue weighted by atomic mass is 32.2. The first kappa shape index (κ1) is 21.7. The minimum atomic E-state index is -0.704. The number of nitrogens with zero attached hydrogens (tertiary/aromatic N) is 1. The molecule has 1 fully saturated rings. The van der Waals surface area contributed by atoms with Gasteiger partial charge in [-0.15, -0.1) is 0 Å². The molecule has 1 aromatic rings. The molecule has 1 aliphatic rings. The molecule has 0 spiro atoms. The van der Waals surface area contributed by atoms with E-state index in [-0.39, 0.29) is 0 Å². The molecule has 3 atom stereocenters. The molecule has 0 radical (unpaired) electrons. The van der Waals surface area contributed by atoms with E-state index in [0.29, 0.717) is 30.4 Å². The average Bonchev–Trinajstić information content (AvgIpc) is 2.70. The van der Waals surface area contributed by atoms with E-state index < -0.39 is 10.8 Å². The van der Waals surface area contributed by atoms with Gasteiger partial charge in [-0.3, -0.25) is 9.20 Å². The van der Waals surface area contributed by atoms with Gasteiger partial charge in [0.1, 0.15) is 12.4 Å². The highest BCUT2D eigenvalue weighted by molar-refractivity contribution is 7.85. The molecule has 5 nitrogen and oxygen atoms in total. The minimum absolute atomic E-state index is 0.316. The highest BCUT2D eigenvalue weighted by Crippen LogP contribution is 2.23. The van der Waals surface area contributed by atoms with E-state index in [1.807, 2.05) is 19.1 Å². The predicted molar refractivity (Wildman–Crippen MR) is 115 cm³/mol. The maximum Gasteiger partial charge on any atom is 0.191 e. The number of aliphatic imine (C=N–C) groups is 1.